The molecule has 2 nitrogen and oxygen atoms in total. The predicted molar refractivity (Wildman–Crippen MR) is 147 cm³/mol. The van der Waals surface area contributed by atoms with E-state index in [-0.39, 0.29) is 6.71 Å². The molecule has 2 aliphatic rings. The fourth-order valence-electron chi connectivity index (χ4n) is 5.64. The zero-order chi connectivity index (χ0) is 23.5. The zero-order valence-corrected chi connectivity index (χ0v) is 19.1. The minimum absolute atomic E-state index is 0.0486. The fraction of sp³-hybridized carbons (Fsp3) is 0. The number of fused-ring (bicyclic) bond motifs is 5. The molecule has 5 aromatic rings. The van der Waals surface area contributed by atoms with Gasteiger partial charge in [-0.3, -0.25) is 0 Å². The molecule has 0 radical (unpaired) electrons. The first kappa shape index (κ1) is 19.9. The van der Waals surface area contributed by atoms with Gasteiger partial charge in [-0.25, -0.2) is 0 Å². The molecule has 2 heterocycles. The number of rotatable bonds is 3. The van der Waals surface area contributed by atoms with E-state index < -0.39 is 0 Å². The molecular formula is C32H21BO2. The van der Waals surface area contributed by atoms with Crippen LogP contribution in [0.25, 0.3) is 34.1 Å². The normalized spacial score (nSPS) is 12.6. The summed E-state index contributed by atoms with van der Waals surface area (Å²) in [5.74, 6) is 3.48. The molecule has 164 valence electrons. The van der Waals surface area contributed by atoms with Gasteiger partial charge in [0.2, 0.25) is 0 Å². The van der Waals surface area contributed by atoms with E-state index >= 15 is 0 Å². The molecule has 35 heavy (non-hydrogen) atoms. The molecule has 0 atom stereocenters. The number of benzene rings is 5. The summed E-state index contributed by atoms with van der Waals surface area (Å²) in [6, 6.07) is 31.5. The number of ether oxygens (including phenoxy) is 2. The van der Waals surface area contributed by atoms with Gasteiger partial charge in [0, 0.05) is 11.0 Å². The summed E-state index contributed by atoms with van der Waals surface area (Å²) in [6.07, 6.45) is 3.81. The largest absolute Gasteiger partial charge is 0.458 e. The van der Waals surface area contributed by atoms with Gasteiger partial charge in [-0.1, -0.05) is 86.0 Å². The first-order valence-electron chi connectivity index (χ1n) is 11.8. The highest BCUT2D eigenvalue weighted by Crippen LogP contribution is 2.43. The number of para-hydroxylation sites is 2. The lowest BCUT2D eigenvalue weighted by Gasteiger charge is -2.34. The van der Waals surface area contributed by atoms with E-state index in [1.807, 2.05) is 30.4 Å². The van der Waals surface area contributed by atoms with Crippen LogP contribution in [0.1, 0.15) is 11.1 Å². The molecule has 0 aromatic heterocycles. The van der Waals surface area contributed by atoms with E-state index in [0.717, 1.165) is 72.4 Å². The summed E-state index contributed by atoms with van der Waals surface area (Å²) >= 11 is 0. The van der Waals surface area contributed by atoms with Crippen molar-refractivity contribution in [3.63, 3.8) is 0 Å². The van der Waals surface area contributed by atoms with Crippen molar-refractivity contribution in [3.05, 3.63) is 115 Å². The van der Waals surface area contributed by atoms with Crippen molar-refractivity contribution < 1.29 is 9.47 Å². The molecule has 2 aliphatic heterocycles. The zero-order valence-electron chi connectivity index (χ0n) is 19.1. The molecule has 0 bridgehead atoms. The van der Waals surface area contributed by atoms with Crippen molar-refractivity contribution in [1.29, 1.82) is 0 Å². The molecule has 7 rings (SSSR count). The highest BCUT2D eigenvalue weighted by molar-refractivity contribution is 6.98. The molecule has 0 amide bonds. The van der Waals surface area contributed by atoms with Crippen LogP contribution in [0.15, 0.2) is 104 Å². The molecule has 0 saturated heterocycles. The fourth-order valence-corrected chi connectivity index (χ4v) is 5.64. The molecular weight excluding hydrogens is 427 g/mol. The second-order valence-electron chi connectivity index (χ2n) is 8.95. The first-order valence-corrected chi connectivity index (χ1v) is 11.8. The van der Waals surface area contributed by atoms with Crippen LogP contribution in [-0.2, 0) is 0 Å². The van der Waals surface area contributed by atoms with Crippen LogP contribution < -0.4 is 25.9 Å². The molecule has 0 fully saturated rings. The summed E-state index contributed by atoms with van der Waals surface area (Å²) in [4.78, 5) is 0. The van der Waals surface area contributed by atoms with Gasteiger partial charge >= 0.3 is 0 Å². The van der Waals surface area contributed by atoms with Gasteiger partial charge in [0.05, 0.1) is 0 Å². The number of hydrogen-bond acceptors (Lipinski definition) is 2. The lowest BCUT2D eigenvalue weighted by atomic mass is 9.34. The van der Waals surface area contributed by atoms with Crippen LogP contribution in [0.4, 0.5) is 0 Å². The Hall–Kier alpha value is -4.50. The van der Waals surface area contributed by atoms with E-state index in [1.54, 1.807) is 0 Å². The first-order chi connectivity index (χ1) is 17.3. The standard InChI is InChI=1S/C32H21BO2/c1-3-20-19-25(23-12-6-5-11-22(23)21(20)4-2)24-17-18-30-31-32(24)35-29-16-10-8-14-27(29)33(31)26-13-7-9-15-28(26)34-30/h3-19H,1-2H2. The maximum atomic E-state index is 6.68. The van der Waals surface area contributed by atoms with Gasteiger partial charge in [0.25, 0.3) is 6.71 Å². The molecule has 0 spiro atoms. The minimum atomic E-state index is 0.0486. The van der Waals surface area contributed by atoms with Crippen LogP contribution in [0.3, 0.4) is 0 Å². The van der Waals surface area contributed by atoms with E-state index in [4.69, 9.17) is 9.47 Å². The molecule has 0 saturated carbocycles. The van der Waals surface area contributed by atoms with Crippen molar-refractivity contribution in [2.75, 3.05) is 0 Å². The van der Waals surface area contributed by atoms with Crippen molar-refractivity contribution >= 4 is 46.0 Å². The van der Waals surface area contributed by atoms with E-state index in [2.05, 4.69) is 86.0 Å². The van der Waals surface area contributed by atoms with Crippen LogP contribution >= 0.6 is 0 Å². The van der Waals surface area contributed by atoms with Crippen molar-refractivity contribution in [2.45, 2.75) is 0 Å². The average molecular weight is 448 g/mol. The SMILES string of the molecule is C=Cc1cc(-c2ccc3c4c2Oc2ccccc2B4c2ccccc2O3)c2ccccc2c1C=C. The van der Waals surface area contributed by atoms with E-state index in [0.29, 0.717) is 0 Å². The number of hydrogen-bond donors (Lipinski definition) is 0. The van der Waals surface area contributed by atoms with Crippen LogP contribution in [0.2, 0.25) is 0 Å². The van der Waals surface area contributed by atoms with Gasteiger partial charge in [0.15, 0.2) is 0 Å². The second-order valence-corrected chi connectivity index (χ2v) is 8.95. The smallest absolute Gasteiger partial charge is 0.260 e. The molecule has 3 heteroatoms. The quantitative estimate of drug-likeness (QED) is 0.287. The van der Waals surface area contributed by atoms with E-state index in [9.17, 15) is 0 Å². The second kappa shape index (κ2) is 7.51. The topological polar surface area (TPSA) is 18.5 Å². The van der Waals surface area contributed by atoms with Gasteiger partial charge in [-0.2, -0.15) is 0 Å². The Bertz CT molecular complexity index is 1690. The van der Waals surface area contributed by atoms with Crippen molar-refractivity contribution in [3.8, 4) is 34.1 Å². The van der Waals surface area contributed by atoms with Crippen molar-refractivity contribution in [1.82, 2.24) is 0 Å². The summed E-state index contributed by atoms with van der Waals surface area (Å²) in [7, 11) is 0. The van der Waals surface area contributed by atoms with Gasteiger partial charge in [-0.05, 0) is 68.7 Å². The summed E-state index contributed by atoms with van der Waals surface area (Å²) in [5, 5.41) is 2.30. The maximum absolute atomic E-state index is 6.68. The van der Waals surface area contributed by atoms with Gasteiger partial charge in [-0.15, -0.1) is 0 Å². The summed E-state index contributed by atoms with van der Waals surface area (Å²) in [5.41, 5.74) is 7.69. The monoisotopic (exact) mass is 448 g/mol. The van der Waals surface area contributed by atoms with E-state index in [1.165, 1.54) is 0 Å². The molecule has 0 N–H and O–H groups in total. The molecule has 0 unspecified atom stereocenters. The Kier molecular flexibility index (Phi) is 4.28. The third kappa shape index (κ3) is 2.79. The summed E-state index contributed by atoms with van der Waals surface area (Å²) < 4.78 is 13.1. The highest BCUT2D eigenvalue weighted by Gasteiger charge is 2.41. The Morgan fingerprint density at radius 3 is 1.97 bits per heavy atom. The van der Waals surface area contributed by atoms with Crippen LogP contribution in [0, 0.1) is 0 Å². The van der Waals surface area contributed by atoms with Gasteiger partial charge in [0.1, 0.15) is 23.0 Å². The van der Waals surface area contributed by atoms with Crippen LogP contribution in [0.5, 0.6) is 23.0 Å². The maximum Gasteiger partial charge on any atom is 0.260 e. The van der Waals surface area contributed by atoms with Crippen LogP contribution in [-0.4, -0.2) is 6.71 Å². The molecule has 5 aromatic carbocycles. The Balaban J connectivity index is 1.57. The highest BCUT2D eigenvalue weighted by atomic mass is 16.5. The third-order valence-electron chi connectivity index (χ3n) is 7.17. The Labute approximate surface area is 204 Å². The Morgan fingerprint density at radius 1 is 0.600 bits per heavy atom. The minimum Gasteiger partial charge on any atom is -0.458 e. The Morgan fingerprint density at radius 2 is 1.26 bits per heavy atom. The average Bonchev–Trinajstić information content (AvgIpc) is 2.92. The summed E-state index contributed by atoms with van der Waals surface area (Å²) in [6.45, 7) is 8.18. The van der Waals surface area contributed by atoms with Crippen molar-refractivity contribution in [2.24, 2.45) is 0 Å². The lowest BCUT2D eigenvalue weighted by Crippen LogP contribution is -2.57. The molecule has 0 aliphatic carbocycles. The lowest BCUT2D eigenvalue weighted by molar-refractivity contribution is 0.465. The third-order valence-corrected chi connectivity index (χ3v) is 7.17. The predicted octanol–water partition coefficient (Wildman–Crippen LogP) is 6.52. The van der Waals surface area contributed by atoms with Gasteiger partial charge < -0.3 is 9.47 Å².